The second kappa shape index (κ2) is 7.76. The van der Waals surface area contributed by atoms with E-state index in [0.29, 0.717) is 36.4 Å². The van der Waals surface area contributed by atoms with Gasteiger partial charge in [0.1, 0.15) is 11.5 Å². The Labute approximate surface area is 181 Å². The maximum atomic E-state index is 12.9. The molecule has 1 aromatic heterocycles. The van der Waals surface area contributed by atoms with E-state index in [2.05, 4.69) is 0 Å². The Balaban J connectivity index is 1.62. The summed E-state index contributed by atoms with van der Waals surface area (Å²) < 4.78 is 6.35. The molecule has 1 amide bonds. The fourth-order valence-electron chi connectivity index (χ4n) is 2.77. The van der Waals surface area contributed by atoms with Gasteiger partial charge in [-0.2, -0.15) is 0 Å². The van der Waals surface area contributed by atoms with Gasteiger partial charge < -0.3 is 4.42 Å². The van der Waals surface area contributed by atoms with Gasteiger partial charge in [0, 0.05) is 16.7 Å². The van der Waals surface area contributed by atoms with Gasteiger partial charge >= 0.3 is 0 Å². The number of halogens is 2. The summed E-state index contributed by atoms with van der Waals surface area (Å²) in [7, 11) is 0. The Morgan fingerprint density at radius 1 is 1.07 bits per heavy atom. The molecule has 2 aromatic carbocycles. The van der Waals surface area contributed by atoms with E-state index in [9.17, 15) is 4.79 Å². The molecule has 1 saturated heterocycles. The lowest BCUT2D eigenvalue weighted by Gasteiger charge is -2.14. The van der Waals surface area contributed by atoms with Gasteiger partial charge in [-0.1, -0.05) is 64.9 Å². The molecule has 0 atom stereocenters. The topological polar surface area (TPSA) is 33.5 Å². The zero-order valence-corrected chi connectivity index (χ0v) is 17.8. The first-order chi connectivity index (χ1) is 13.4. The summed E-state index contributed by atoms with van der Waals surface area (Å²) in [5, 5.41) is 1.10. The predicted molar refractivity (Wildman–Crippen MR) is 121 cm³/mol. The number of rotatable bonds is 3. The fraction of sp³-hybridized carbons (Fsp3) is 0.0476. The standard InChI is InChI=1S/C21H13Cl2NO2S2/c1-12-2-5-14(6-3-12)24-20(25)19(28-21(24)27)11-15-7-9-18(26-15)16-10-13(22)4-8-17(16)23/h2-11H,1H3/b19-11+. The van der Waals surface area contributed by atoms with Crippen LogP contribution in [0.25, 0.3) is 17.4 Å². The summed E-state index contributed by atoms with van der Waals surface area (Å²) in [5.41, 5.74) is 2.57. The first-order valence-corrected chi connectivity index (χ1v) is 10.3. The summed E-state index contributed by atoms with van der Waals surface area (Å²) in [4.78, 5) is 14.9. The van der Waals surface area contributed by atoms with E-state index in [1.807, 2.05) is 31.2 Å². The number of carbonyl (C=O) groups is 1. The molecule has 0 unspecified atom stereocenters. The number of hydrogen-bond donors (Lipinski definition) is 0. The van der Waals surface area contributed by atoms with Crippen LogP contribution in [0, 0.1) is 6.92 Å². The van der Waals surface area contributed by atoms with Crippen LogP contribution in [0.15, 0.2) is 63.9 Å². The van der Waals surface area contributed by atoms with E-state index >= 15 is 0 Å². The molecular weight excluding hydrogens is 433 g/mol. The van der Waals surface area contributed by atoms with Crippen LogP contribution in [0.2, 0.25) is 10.0 Å². The normalized spacial score (nSPS) is 15.7. The maximum absolute atomic E-state index is 12.9. The molecule has 0 N–H and O–H groups in total. The van der Waals surface area contributed by atoms with E-state index in [1.165, 1.54) is 16.7 Å². The first kappa shape index (κ1) is 19.3. The molecule has 7 heteroatoms. The van der Waals surface area contributed by atoms with Crippen LogP contribution in [0.5, 0.6) is 0 Å². The third-order valence-corrected chi connectivity index (χ3v) is 6.05. The van der Waals surface area contributed by atoms with Crippen LogP contribution in [-0.4, -0.2) is 10.2 Å². The number of benzene rings is 2. The van der Waals surface area contributed by atoms with Crippen molar-refractivity contribution in [2.24, 2.45) is 0 Å². The van der Waals surface area contributed by atoms with Crippen LogP contribution in [0.1, 0.15) is 11.3 Å². The van der Waals surface area contributed by atoms with Crippen LogP contribution in [0.4, 0.5) is 5.69 Å². The number of furan rings is 1. The number of anilines is 1. The number of hydrogen-bond acceptors (Lipinski definition) is 4. The smallest absolute Gasteiger partial charge is 0.270 e. The van der Waals surface area contributed by atoms with Crippen molar-refractivity contribution in [2.75, 3.05) is 4.90 Å². The molecule has 28 heavy (non-hydrogen) atoms. The third-order valence-electron chi connectivity index (χ3n) is 4.18. The molecule has 0 radical (unpaired) electrons. The van der Waals surface area contributed by atoms with E-state index in [0.717, 1.165) is 11.3 Å². The highest BCUT2D eigenvalue weighted by Crippen LogP contribution is 2.37. The molecule has 0 aliphatic carbocycles. The van der Waals surface area contributed by atoms with Crippen LogP contribution in [0.3, 0.4) is 0 Å². The van der Waals surface area contributed by atoms with Gasteiger partial charge in [-0.3, -0.25) is 9.69 Å². The van der Waals surface area contributed by atoms with Gasteiger partial charge in [0.25, 0.3) is 5.91 Å². The summed E-state index contributed by atoms with van der Waals surface area (Å²) in [6, 6.07) is 16.4. The second-order valence-corrected chi connectivity index (χ2v) is 8.70. The summed E-state index contributed by atoms with van der Waals surface area (Å²) >= 11 is 18.9. The molecule has 4 rings (SSSR count). The van der Waals surface area contributed by atoms with Crippen molar-refractivity contribution in [3.05, 3.63) is 80.9 Å². The van der Waals surface area contributed by atoms with E-state index in [-0.39, 0.29) is 5.91 Å². The van der Waals surface area contributed by atoms with Gasteiger partial charge in [-0.15, -0.1) is 0 Å². The minimum atomic E-state index is -0.169. The lowest BCUT2D eigenvalue weighted by Crippen LogP contribution is -2.27. The molecular formula is C21H13Cl2NO2S2. The van der Waals surface area contributed by atoms with Crippen molar-refractivity contribution in [1.29, 1.82) is 0 Å². The molecule has 0 saturated carbocycles. The number of amides is 1. The molecule has 3 nitrogen and oxygen atoms in total. The second-order valence-electron chi connectivity index (χ2n) is 6.18. The van der Waals surface area contributed by atoms with Crippen molar-refractivity contribution < 1.29 is 9.21 Å². The largest absolute Gasteiger partial charge is 0.457 e. The van der Waals surface area contributed by atoms with Gasteiger partial charge in [-0.25, -0.2) is 0 Å². The lowest BCUT2D eigenvalue weighted by atomic mass is 10.2. The van der Waals surface area contributed by atoms with Crippen LogP contribution in [-0.2, 0) is 4.79 Å². The Hall–Kier alpha value is -2.05. The molecule has 0 spiro atoms. The van der Waals surface area contributed by atoms with E-state index in [1.54, 1.807) is 36.4 Å². The van der Waals surface area contributed by atoms with Crippen molar-refractivity contribution in [1.82, 2.24) is 0 Å². The Morgan fingerprint density at radius 2 is 1.82 bits per heavy atom. The summed E-state index contributed by atoms with van der Waals surface area (Å²) in [6.45, 7) is 1.99. The Kier molecular flexibility index (Phi) is 5.34. The number of thioether (sulfide) groups is 1. The maximum Gasteiger partial charge on any atom is 0.270 e. The highest BCUT2D eigenvalue weighted by molar-refractivity contribution is 8.27. The molecule has 1 fully saturated rings. The van der Waals surface area contributed by atoms with Crippen molar-refractivity contribution in [3.63, 3.8) is 0 Å². The number of nitrogens with zero attached hydrogens (tertiary/aromatic N) is 1. The quantitative estimate of drug-likeness (QED) is 0.321. The Bertz CT molecular complexity index is 1120. The van der Waals surface area contributed by atoms with Crippen molar-refractivity contribution in [2.45, 2.75) is 6.92 Å². The fourth-order valence-corrected chi connectivity index (χ4v) is 4.44. The van der Waals surface area contributed by atoms with Crippen molar-refractivity contribution in [3.8, 4) is 11.3 Å². The van der Waals surface area contributed by atoms with Gasteiger partial charge in [0.15, 0.2) is 4.32 Å². The SMILES string of the molecule is Cc1ccc(N2C(=O)/C(=C\c3ccc(-c4cc(Cl)ccc4Cl)o3)SC2=S)cc1. The lowest BCUT2D eigenvalue weighted by molar-refractivity contribution is -0.113. The molecule has 2 heterocycles. The van der Waals surface area contributed by atoms with E-state index < -0.39 is 0 Å². The average molecular weight is 446 g/mol. The summed E-state index contributed by atoms with van der Waals surface area (Å²) in [5.74, 6) is 0.945. The minimum Gasteiger partial charge on any atom is -0.457 e. The van der Waals surface area contributed by atoms with Gasteiger partial charge in [0.2, 0.25) is 0 Å². The van der Waals surface area contributed by atoms with Gasteiger partial charge in [0.05, 0.1) is 15.6 Å². The zero-order chi connectivity index (χ0) is 19.8. The predicted octanol–water partition coefficient (Wildman–Crippen LogP) is 6.97. The molecule has 0 bridgehead atoms. The highest BCUT2D eigenvalue weighted by Gasteiger charge is 2.33. The highest BCUT2D eigenvalue weighted by atomic mass is 35.5. The number of thiocarbonyl (C=S) groups is 1. The molecule has 1 aliphatic rings. The van der Waals surface area contributed by atoms with Gasteiger partial charge in [-0.05, 0) is 49.4 Å². The monoisotopic (exact) mass is 445 g/mol. The third kappa shape index (κ3) is 3.76. The zero-order valence-electron chi connectivity index (χ0n) is 14.6. The van der Waals surface area contributed by atoms with E-state index in [4.69, 9.17) is 39.8 Å². The van der Waals surface area contributed by atoms with Crippen LogP contribution < -0.4 is 4.90 Å². The first-order valence-electron chi connectivity index (χ1n) is 8.32. The Morgan fingerprint density at radius 3 is 2.57 bits per heavy atom. The minimum absolute atomic E-state index is 0.169. The molecule has 1 aliphatic heterocycles. The summed E-state index contributed by atoms with van der Waals surface area (Å²) in [6.07, 6.45) is 1.69. The van der Waals surface area contributed by atoms with Crippen LogP contribution >= 0.6 is 47.2 Å². The average Bonchev–Trinajstić information content (AvgIpc) is 3.23. The number of carbonyl (C=O) groups excluding carboxylic acids is 1. The molecule has 3 aromatic rings. The molecule has 140 valence electrons. The van der Waals surface area contributed by atoms with Crippen molar-refractivity contribution >= 4 is 69.2 Å². The number of aryl methyl sites for hydroxylation is 1.